The minimum absolute atomic E-state index is 0.0196. The summed E-state index contributed by atoms with van der Waals surface area (Å²) in [6, 6.07) is 0. The number of carbonyl (C=O) groups excluding carboxylic acids is 3. The molecule has 1 aliphatic heterocycles. The van der Waals surface area contributed by atoms with Crippen LogP contribution in [0.5, 0.6) is 0 Å². The predicted molar refractivity (Wildman–Crippen MR) is 135 cm³/mol. The number of aldehydes is 1. The maximum absolute atomic E-state index is 12.3. The van der Waals surface area contributed by atoms with Gasteiger partial charge in [0.1, 0.15) is 12.1 Å². The molecule has 0 aromatic heterocycles. The largest absolute Gasteiger partial charge is 0.480 e. The van der Waals surface area contributed by atoms with E-state index in [4.69, 9.17) is 5.11 Å². The van der Waals surface area contributed by atoms with Crippen molar-refractivity contribution in [1.82, 2.24) is 24.9 Å². The van der Waals surface area contributed by atoms with Crippen LogP contribution in [-0.4, -0.2) is 157 Å². The maximum Gasteiger partial charge on any atom is 0.317 e. The Labute approximate surface area is 214 Å². The number of hydrogen-bond donors (Lipinski definition) is 4. The second-order valence-corrected chi connectivity index (χ2v) is 7.89. The molecule has 13 heteroatoms. The number of carboxylic acid groups (broad SMARTS) is 2. The van der Waals surface area contributed by atoms with Crippen LogP contribution in [0.1, 0.15) is 27.2 Å². The van der Waals surface area contributed by atoms with Crippen molar-refractivity contribution in [1.29, 1.82) is 0 Å². The van der Waals surface area contributed by atoms with Gasteiger partial charge in [0.2, 0.25) is 5.91 Å². The third kappa shape index (κ3) is 19.8. The van der Waals surface area contributed by atoms with Crippen molar-refractivity contribution < 1.29 is 39.3 Å². The van der Waals surface area contributed by atoms with Gasteiger partial charge in [-0.15, -0.1) is 0 Å². The molecule has 0 aromatic rings. The van der Waals surface area contributed by atoms with Crippen LogP contribution < -0.4 is 5.32 Å². The predicted octanol–water partition coefficient (Wildman–Crippen LogP) is -1.69. The first-order valence-corrected chi connectivity index (χ1v) is 12.2. The third-order valence-electron chi connectivity index (χ3n) is 5.15. The molecule has 210 valence electrons. The minimum Gasteiger partial charge on any atom is -0.480 e. The van der Waals surface area contributed by atoms with Gasteiger partial charge in [-0.2, -0.15) is 0 Å². The van der Waals surface area contributed by atoms with Gasteiger partial charge in [0.05, 0.1) is 26.2 Å². The van der Waals surface area contributed by atoms with E-state index in [-0.39, 0.29) is 50.8 Å². The van der Waals surface area contributed by atoms with Gasteiger partial charge in [-0.3, -0.25) is 38.8 Å². The first-order valence-electron chi connectivity index (χ1n) is 12.2. The number of hydrogen-bond acceptors (Lipinski definition) is 10. The van der Waals surface area contributed by atoms with E-state index >= 15 is 0 Å². The summed E-state index contributed by atoms with van der Waals surface area (Å²) in [4.78, 5) is 64.1. The number of nitrogens with zero attached hydrogens (tertiary/aromatic N) is 4. The normalized spacial score (nSPS) is 16.6. The van der Waals surface area contributed by atoms with Crippen molar-refractivity contribution in [2.24, 2.45) is 0 Å². The summed E-state index contributed by atoms with van der Waals surface area (Å²) < 4.78 is 0. The van der Waals surface area contributed by atoms with E-state index in [1.807, 2.05) is 23.6 Å². The Morgan fingerprint density at radius 3 is 1.42 bits per heavy atom. The third-order valence-corrected chi connectivity index (χ3v) is 5.15. The first kappa shape index (κ1) is 35.7. The van der Waals surface area contributed by atoms with Gasteiger partial charge in [0, 0.05) is 72.4 Å². The van der Waals surface area contributed by atoms with Crippen LogP contribution >= 0.6 is 0 Å². The molecular formula is C23H45N5O8. The van der Waals surface area contributed by atoms with Crippen LogP contribution in [0, 0.1) is 0 Å². The van der Waals surface area contributed by atoms with E-state index in [1.165, 1.54) is 6.92 Å². The summed E-state index contributed by atoms with van der Waals surface area (Å²) in [6.45, 7) is 9.10. The summed E-state index contributed by atoms with van der Waals surface area (Å²) in [7, 11) is 1.00. The number of amides is 1. The van der Waals surface area contributed by atoms with Crippen molar-refractivity contribution in [3.05, 3.63) is 0 Å². The number of ketones is 1. The Morgan fingerprint density at radius 2 is 1.08 bits per heavy atom. The average molecular weight is 520 g/mol. The molecule has 0 bridgehead atoms. The number of rotatable bonds is 11. The van der Waals surface area contributed by atoms with Crippen molar-refractivity contribution in [2.45, 2.75) is 27.2 Å². The zero-order chi connectivity index (χ0) is 27.9. The van der Waals surface area contributed by atoms with E-state index in [1.54, 1.807) is 9.80 Å². The van der Waals surface area contributed by atoms with Gasteiger partial charge in [-0.05, 0) is 6.92 Å². The fraction of sp³-hybridized carbons (Fsp3) is 0.783. The summed E-state index contributed by atoms with van der Waals surface area (Å²) in [5.41, 5.74) is 0. The van der Waals surface area contributed by atoms with Gasteiger partial charge in [-0.1, -0.05) is 13.8 Å². The molecule has 0 unspecified atom stereocenters. The number of carbonyl (C=O) groups is 5. The lowest BCUT2D eigenvalue weighted by Gasteiger charge is -2.32. The SMILES string of the molecule is CC.CC(=O)CCNC(=O)CN1CCN(CC(=O)O)CCN(CC=O)CCN(CC(=O)O)CC1.CO. The van der Waals surface area contributed by atoms with Crippen LogP contribution in [0.2, 0.25) is 0 Å². The van der Waals surface area contributed by atoms with E-state index in [9.17, 15) is 34.2 Å². The molecule has 36 heavy (non-hydrogen) atoms. The maximum atomic E-state index is 12.3. The highest BCUT2D eigenvalue weighted by Crippen LogP contribution is 2.01. The highest BCUT2D eigenvalue weighted by molar-refractivity contribution is 5.80. The molecule has 4 N–H and O–H groups in total. The van der Waals surface area contributed by atoms with Crippen LogP contribution in [0.15, 0.2) is 0 Å². The van der Waals surface area contributed by atoms with Crippen LogP contribution in [0.4, 0.5) is 0 Å². The number of Topliss-reactive ketones (excluding diaryl/α,β-unsaturated/α-hetero) is 1. The number of nitrogens with one attached hydrogen (secondary N) is 1. The number of aliphatic hydroxyl groups is 1. The van der Waals surface area contributed by atoms with Crippen molar-refractivity contribution in [2.75, 3.05) is 92.2 Å². The molecule has 0 saturated carbocycles. The van der Waals surface area contributed by atoms with Gasteiger partial charge in [-0.25, -0.2) is 0 Å². The Kier molecular flexibility index (Phi) is 22.8. The van der Waals surface area contributed by atoms with Crippen molar-refractivity contribution in [3.63, 3.8) is 0 Å². The molecular weight excluding hydrogens is 474 g/mol. The highest BCUT2D eigenvalue weighted by Gasteiger charge is 2.20. The lowest BCUT2D eigenvalue weighted by atomic mass is 10.3. The Bertz CT molecular complexity index is 618. The van der Waals surface area contributed by atoms with Crippen LogP contribution in [-0.2, 0) is 24.0 Å². The molecule has 1 fully saturated rings. The summed E-state index contributed by atoms with van der Waals surface area (Å²) in [5.74, 6) is -2.18. The van der Waals surface area contributed by atoms with E-state index < -0.39 is 11.9 Å². The molecule has 0 atom stereocenters. The van der Waals surface area contributed by atoms with E-state index in [0.717, 1.165) is 13.4 Å². The highest BCUT2D eigenvalue weighted by atomic mass is 16.4. The quantitative estimate of drug-likeness (QED) is 0.229. The molecule has 0 aliphatic carbocycles. The second-order valence-electron chi connectivity index (χ2n) is 7.89. The first-order chi connectivity index (χ1) is 17.2. The Hall–Kier alpha value is -2.45. The molecule has 0 aromatic carbocycles. The lowest BCUT2D eigenvalue weighted by Crippen LogP contribution is -2.49. The minimum atomic E-state index is -0.958. The molecule has 1 heterocycles. The average Bonchev–Trinajstić information content (AvgIpc) is 2.82. The van der Waals surface area contributed by atoms with Gasteiger partial charge < -0.3 is 25.4 Å². The summed E-state index contributed by atoms with van der Waals surface area (Å²) >= 11 is 0. The Balaban J connectivity index is 0. The number of carboxylic acids is 2. The topological polar surface area (TPSA) is 171 Å². The van der Waals surface area contributed by atoms with Gasteiger partial charge in [0.15, 0.2) is 0 Å². The van der Waals surface area contributed by atoms with Crippen LogP contribution in [0.3, 0.4) is 0 Å². The Morgan fingerprint density at radius 1 is 0.722 bits per heavy atom. The van der Waals surface area contributed by atoms with E-state index in [2.05, 4.69) is 5.32 Å². The fourth-order valence-corrected chi connectivity index (χ4v) is 3.36. The second kappa shape index (κ2) is 23.0. The molecule has 1 amide bonds. The number of aliphatic carboxylic acids is 2. The molecule has 0 spiro atoms. The molecule has 0 radical (unpaired) electrons. The number of aliphatic hydroxyl groups excluding tert-OH is 1. The monoisotopic (exact) mass is 519 g/mol. The smallest absolute Gasteiger partial charge is 0.317 e. The van der Waals surface area contributed by atoms with Crippen LogP contribution in [0.25, 0.3) is 0 Å². The molecule has 1 rings (SSSR count). The standard InChI is InChI=1S/C20H35N5O7.C2H6.CH4O/c1-17(27)2-3-21-18(28)14-23-8-10-24(15-19(29)30)6-4-22(12-13-26)5-7-25(11-9-23)16-20(31)32;2*1-2/h13H,2-12,14-16H2,1H3,(H,21,28)(H,29,30)(H,31,32);1-2H3;2H,1H3. The van der Waals surface area contributed by atoms with Gasteiger partial charge >= 0.3 is 11.9 Å². The van der Waals surface area contributed by atoms with Gasteiger partial charge in [0.25, 0.3) is 0 Å². The molecule has 13 nitrogen and oxygen atoms in total. The summed E-state index contributed by atoms with van der Waals surface area (Å²) in [6.07, 6.45) is 1.03. The zero-order valence-corrected chi connectivity index (χ0v) is 22.1. The van der Waals surface area contributed by atoms with Crippen molar-refractivity contribution in [3.8, 4) is 0 Å². The van der Waals surface area contributed by atoms with E-state index in [0.29, 0.717) is 52.4 Å². The lowest BCUT2D eigenvalue weighted by molar-refractivity contribution is -0.139. The molecule has 1 saturated heterocycles. The molecule has 1 aliphatic rings. The fourth-order valence-electron chi connectivity index (χ4n) is 3.36. The summed E-state index contributed by atoms with van der Waals surface area (Å²) in [5, 5.41) is 28.1. The van der Waals surface area contributed by atoms with Crippen molar-refractivity contribution >= 4 is 29.9 Å². The zero-order valence-electron chi connectivity index (χ0n) is 22.1.